The first-order valence-corrected chi connectivity index (χ1v) is 6.21. The monoisotopic (exact) mass is 268 g/mol. The lowest BCUT2D eigenvalue weighted by Gasteiger charge is -2.24. The van der Waals surface area contributed by atoms with Crippen LogP contribution in [0.25, 0.3) is 0 Å². The smallest absolute Gasteiger partial charge is 0.220 e. The number of carbonyl (C=O) groups is 1. The van der Waals surface area contributed by atoms with Gasteiger partial charge >= 0.3 is 0 Å². The van der Waals surface area contributed by atoms with E-state index in [-0.39, 0.29) is 18.1 Å². The molecule has 3 N–H and O–H groups in total. The Morgan fingerprint density at radius 1 is 1.47 bits per heavy atom. The van der Waals surface area contributed by atoms with Crippen LogP contribution in [0.15, 0.2) is 18.2 Å². The summed E-state index contributed by atoms with van der Waals surface area (Å²) in [6.45, 7) is 4.07. The summed E-state index contributed by atoms with van der Waals surface area (Å²) in [6, 6.07) is 4.28. The van der Waals surface area contributed by atoms with E-state index >= 15 is 0 Å². The summed E-state index contributed by atoms with van der Waals surface area (Å²) in [6.07, 6.45) is 0.691. The first kappa shape index (κ1) is 15.4. The van der Waals surface area contributed by atoms with Crippen molar-refractivity contribution in [3.8, 4) is 5.75 Å². The van der Waals surface area contributed by atoms with Crippen molar-refractivity contribution in [3.63, 3.8) is 0 Å². The number of nitrogens with one attached hydrogen (secondary N) is 1. The van der Waals surface area contributed by atoms with E-state index in [1.807, 2.05) is 13.8 Å². The second-order valence-corrected chi connectivity index (χ2v) is 5.09. The molecule has 0 spiro atoms. The number of methoxy groups -OCH3 is 1. The lowest BCUT2D eigenvalue weighted by Crippen LogP contribution is -2.48. The average Bonchev–Trinajstić information content (AvgIpc) is 2.36. The predicted octanol–water partition coefficient (Wildman–Crippen LogP) is 1.62. The normalized spacial score (nSPS) is 11.2. The zero-order valence-corrected chi connectivity index (χ0v) is 11.6. The molecule has 0 bridgehead atoms. The molecule has 0 saturated heterocycles. The second kappa shape index (κ2) is 6.52. The average molecular weight is 268 g/mol. The van der Waals surface area contributed by atoms with Crippen LogP contribution in [0.4, 0.5) is 4.39 Å². The molecule has 0 aromatic heterocycles. The molecule has 1 aromatic carbocycles. The molecule has 0 radical (unpaired) electrons. The minimum Gasteiger partial charge on any atom is -0.496 e. The number of amides is 1. The quantitative estimate of drug-likeness (QED) is 0.824. The molecule has 0 heterocycles. The number of nitrogens with two attached hydrogens (primary N) is 1. The standard InChI is InChI=1S/C14H21FN2O2/c1-14(2,9-16)17-13(18)7-4-10-8-11(15)5-6-12(10)19-3/h5-6,8H,4,7,9,16H2,1-3H3,(H,17,18). The number of rotatable bonds is 6. The summed E-state index contributed by atoms with van der Waals surface area (Å²) in [7, 11) is 1.52. The predicted molar refractivity (Wildman–Crippen MR) is 72.5 cm³/mol. The Morgan fingerprint density at radius 2 is 2.16 bits per heavy atom. The Hall–Kier alpha value is -1.62. The summed E-state index contributed by atoms with van der Waals surface area (Å²) in [5.41, 5.74) is 5.80. The van der Waals surface area contributed by atoms with Crippen LogP contribution in [-0.4, -0.2) is 25.1 Å². The van der Waals surface area contributed by atoms with Gasteiger partial charge in [0.15, 0.2) is 0 Å². The van der Waals surface area contributed by atoms with Gasteiger partial charge in [0.1, 0.15) is 11.6 Å². The molecule has 0 atom stereocenters. The van der Waals surface area contributed by atoms with Crippen molar-refractivity contribution in [2.75, 3.05) is 13.7 Å². The third kappa shape index (κ3) is 4.87. The van der Waals surface area contributed by atoms with Crippen molar-refractivity contribution in [1.29, 1.82) is 0 Å². The van der Waals surface area contributed by atoms with E-state index in [0.29, 0.717) is 24.3 Å². The van der Waals surface area contributed by atoms with E-state index in [0.717, 1.165) is 0 Å². The molecule has 5 heteroatoms. The van der Waals surface area contributed by atoms with Crippen LogP contribution in [0.1, 0.15) is 25.8 Å². The highest BCUT2D eigenvalue weighted by atomic mass is 19.1. The molecule has 0 fully saturated rings. The second-order valence-electron chi connectivity index (χ2n) is 5.09. The van der Waals surface area contributed by atoms with E-state index in [4.69, 9.17) is 10.5 Å². The zero-order chi connectivity index (χ0) is 14.5. The topological polar surface area (TPSA) is 64.3 Å². The summed E-state index contributed by atoms with van der Waals surface area (Å²) in [5, 5.41) is 2.83. The van der Waals surface area contributed by atoms with Gasteiger partial charge in [0.05, 0.1) is 7.11 Å². The number of aryl methyl sites for hydroxylation is 1. The van der Waals surface area contributed by atoms with Crippen LogP contribution >= 0.6 is 0 Å². The Labute approximate surface area is 113 Å². The van der Waals surface area contributed by atoms with Crippen molar-refractivity contribution >= 4 is 5.91 Å². The van der Waals surface area contributed by atoms with Gasteiger partial charge in [-0.05, 0) is 44.0 Å². The molecule has 1 aromatic rings. The zero-order valence-electron chi connectivity index (χ0n) is 11.6. The number of halogens is 1. The Bertz CT molecular complexity index is 447. The molecule has 1 rings (SSSR count). The van der Waals surface area contributed by atoms with Gasteiger partial charge in [0, 0.05) is 18.5 Å². The lowest BCUT2D eigenvalue weighted by atomic mass is 10.0. The van der Waals surface area contributed by atoms with E-state index in [2.05, 4.69) is 5.32 Å². The minimum absolute atomic E-state index is 0.109. The van der Waals surface area contributed by atoms with E-state index in [1.165, 1.54) is 19.2 Å². The van der Waals surface area contributed by atoms with Crippen LogP contribution < -0.4 is 15.8 Å². The van der Waals surface area contributed by atoms with E-state index < -0.39 is 5.54 Å². The van der Waals surface area contributed by atoms with Crippen LogP contribution in [-0.2, 0) is 11.2 Å². The molecule has 4 nitrogen and oxygen atoms in total. The van der Waals surface area contributed by atoms with Gasteiger partial charge in [0.25, 0.3) is 0 Å². The van der Waals surface area contributed by atoms with Gasteiger partial charge in [-0.2, -0.15) is 0 Å². The van der Waals surface area contributed by atoms with Crippen LogP contribution in [0, 0.1) is 5.82 Å². The molecular formula is C14H21FN2O2. The fraction of sp³-hybridized carbons (Fsp3) is 0.500. The maximum atomic E-state index is 13.2. The van der Waals surface area contributed by atoms with Crippen molar-refractivity contribution in [1.82, 2.24) is 5.32 Å². The van der Waals surface area contributed by atoms with Crippen molar-refractivity contribution < 1.29 is 13.9 Å². The van der Waals surface area contributed by atoms with Gasteiger partial charge in [-0.15, -0.1) is 0 Å². The van der Waals surface area contributed by atoms with E-state index in [9.17, 15) is 9.18 Å². The third-order valence-electron chi connectivity index (χ3n) is 2.85. The first-order valence-electron chi connectivity index (χ1n) is 6.21. The maximum Gasteiger partial charge on any atom is 0.220 e. The van der Waals surface area contributed by atoms with Gasteiger partial charge < -0.3 is 15.8 Å². The highest BCUT2D eigenvalue weighted by molar-refractivity contribution is 5.77. The van der Waals surface area contributed by atoms with Gasteiger partial charge in [0.2, 0.25) is 5.91 Å². The van der Waals surface area contributed by atoms with Crippen LogP contribution in [0.3, 0.4) is 0 Å². The molecule has 0 aliphatic rings. The number of benzene rings is 1. The summed E-state index contributed by atoms with van der Waals surface area (Å²) in [4.78, 5) is 11.8. The highest BCUT2D eigenvalue weighted by Gasteiger charge is 2.18. The molecule has 0 aliphatic carbocycles. The summed E-state index contributed by atoms with van der Waals surface area (Å²) < 4.78 is 18.3. The largest absolute Gasteiger partial charge is 0.496 e. The molecule has 0 aliphatic heterocycles. The molecule has 0 saturated carbocycles. The van der Waals surface area contributed by atoms with Crippen LogP contribution in [0.2, 0.25) is 0 Å². The molecule has 106 valence electrons. The molecule has 1 amide bonds. The molecule has 0 unspecified atom stereocenters. The van der Waals surface area contributed by atoms with Crippen molar-refractivity contribution in [2.45, 2.75) is 32.2 Å². The SMILES string of the molecule is COc1ccc(F)cc1CCC(=O)NC(C)(C)CN. The Morgan fingerprint density at radius 3 is 2.74 bits per heavy atom. The summed E-state index contributed by atoms with van der Waals surface area (Å²) in [5.74, 6) is 0.146. The van der Waals surface area contributed by atoms with Crippen molar-refractivity contribution in [2.24, 2.45) is 5.73 Å². The fourth-order valence-corrected chi connectivity index (χ4v) is 1.68. The minimum atomic E-state index is -0.427. The Kier molecular flexibility index (Phi) is 5.30. The van der Waals surface area contributed by atoms with Gasteiger partial charge in [-0.25, -0.2) is 4.39 Å². The third-order valence-corrected chi connectivity index (χ3v) is 2.85. The highest BCUT2D eigenvalue weighted by Crippen LogP contribution is 2.20. The van der Waals surface area contributed by atoms with Gasteiger partial charge in [-0.3, -0.25) is 4.79 Å². The number of hydrogen-bond acceptors (Lipinski definition) is 3. The number of carbonyl (C=O) groups excluding carboxylic acids is 1. The van der Waals surface area contributed by atoms with Crippen LogP contribution in [0.5, 0.6) is 5.75 Å². The summed E-state index contributed by atoms with van der Waals surface area (Å²) >= 11 is 0. The Balaban J connectivity index is 2.62. The lowest BCUT2D eigenvalue weighted by molar-refractivity contribution is -0.122. The number of hydrogen-bond donors (Lipinski definition) is 2. The fourth-order valence-electron chi connectivity index (χ4n) is 1.68. The molecule has 19 heavy (non-hydrogen) atoms. The number of ether oxygens (including phenoxy) is 1. The maximum absolute atomic E-state index is 13.2. The van der Waals surface area contributed by atoms with Gasteiger partial charge in [-0.1, -0.05) is 0 Å². The first-order chi connectivity index (χ1) is 8.88. The molecular weight excluding hydrogens is 247 g/mol. The van der Waals surface area contributed by atoms with E-state index in [1.54, 1.807) is 6.07 Å². The van der Waals surface area contributed by atoms with Crippen molar-refractivity contribution in [3.05, 3.63) is 29.6 Å².